The molecule has 0 bridgehead atoms. The second kappa shape index (κ2) is 6.06. The fraction of sp³-hybridized carbons (Fsp3) is 0.533. The van der Waals surface area contributed by atoms with Gasteiger partial charge in [-0.2, -0.15) is 0 Å². The zero-order chi connectivity index (χ0) is 13.8. The highest BCUT2D eigenvalue weighted by Crippen LogP contribution is 2.21. The van der Waals surface area contributed by atoms with E-state index in [4.69, 9.17) is 9.84 Å². The van der Waals surface area contributed by atoms with Gasteiger partial charge in [-0.1, -0.05) is 19.9 Å². The number of aromatic carboxylic acids is 1. The van der Waals surface area contributed by atoms with Crippen molar-refractivity contribution in [2.75, 3.05) is 26.2 Å². The van der Waals surface area contributed by atoms with Crippen LogP contribution in [0.25, 0.3) is 0 Å². The summed E-state index contributed by atoms with van der Waals surface area (Å²) in [6, 6.07) is 6.64. The molecule has 1 saturated heterocycles. The average Bonchev–Trinajstić information content (AvgIpc) is 2.69. The van der Waals surface area contributed by atoms with Gasteiger partial charge in [0.1, 0.15) is 12.4 Å². The molecule has 0 aliphatic carbocycles. The van der Waals surface area contributed by atoms with Crippen molar-refractivity contribution >= 4 is 5.97 Å². The summed E-state index contributed by atoms with van der Waals surface area (Å²) in [5.41, 5.74) is 0.265. The van der Waals surface area contributed by atoms with E-state index in [0.29, 0.717) is 12.4 Å². The average molecular weight is 263 g/mol. The number of nitrogens with zero attached hydrogens (tertiary/aromatic N) is 1. The molecule has 0 radical (unpaired) electrons. The van der Waals surface area contributed by atoms with E-state index >= 15 is 0 Å². The van der Waals surface area contributed by atoms with Crippen molar-refractivity contribution in [3.05, 3.63) is 29.8 Å². The number of carboxylic acid groups (broad SMARTS) is 1. The molecule has 0 saturated carbocycles. The fourth-order valence-corrected chi connectivity index (χ4v) is 2.44. The number of likely N-dealkylation sites (tertiary alicyclic amines) is 1. The standard InChI is InChI=1S/C15H21NO3/c1-11-9-16(10-12(11)2)6-7-19-14-5-3-4-13(8-14)15(17)18/h3-5,8,11-12H,6-7,9-10H2,1-2H3,(H,17,18). The van der Waals surface area contributed by atoms with Crippen LogP contribution in [0.1, 0.15) is 24.2 Å². The lowest BCUT2D eigenvalue weighted by atomic mass is 10.0. The normalized spacial score (nSPS) is 23.5. The van der Waals surface area contributed by atoms with Gasteiger partial charge in [0.2, 0.25) is 0 Å². The Morgan fingerprint density at radius 2 is 2.05 bits per heavy atom. The van der Waals surface area contributed by atoms with Crippen LogP contribution < -0.4 is 4.74 Å². The van der Waals surface area contributed by atoms with E-state index in [-0.39, 0.29) is 5.56 Å². The number of hydrogen-bond acceptors (Lipinski definition) is 3. The zero-order valence-electron chi connectivity index (χ0n) is 11.5. The van der Waals surface area contributed by atoms with Crippen LogP contribution in [0.15, 0.2) is 24.3 Å². The van der Waals surface area contributed by atoms with Gasteiger partial charge in [0, 0.05) is 19.6 Å². The Balaban J connectivity index is 1.80. The van der Waals surface area contributed by atoms with Crippen molar-refractivity contribution in [3.63, 3.8) is 0 Å². The molecule has 1 N–H and O–H groups in total. The number of carboxylic acids is 1. The molecule has 2 rings (SSSR count). The van der Waals surface area contributed by atoms with Crippen LogP contribution in [0.5, 0.6) is 5.75 Å². The highest BCUT2D eigenvalue weighted by molar-refractivity contribution is 5.87. The summed E-state index contributed by atoms with van der Waals surface area (Å²) in [6.45, 7) is 8.30. The third-order valence-electron chi connectivity index (χ3n) is 3.82. The fourth-order valence-electron chi connectivity index (χ4n) is 2.44. The first kappa shape index (κ1) is 13.9. The van der Waals surface area contributed by atoms with E-state index < -0.39 is 5.97 Å². The Bertz CT molecular complexity index is 437. The Morgan fingerprint density at radius 3 is 2.68 bits per heavy atom. The lowest BCUT2D eigenvalue weighted by Crippen LogP contribution is -2.26. The summed E-state index contributed by atoms with van der Waals surface area (Å²) in [7, 11) is 0. The highest BCUT2D eigenvalue weighted by atomic mass is 16.5. The van der Waals surface area contributed by atoms with Crippen molar-refractivity contribution in [3.8, 4) is 5.75 Å². The van der Waals surface area contributed by atoms with Crippen LogP contribution in [0.3, 0.4) is 0 Å². The van der Waals surface area contributed by atoms with E-state index in [0.717, 1.165) is 31.5 Å². The highest BCUT2D eigenvalue weighted by Gasteiger charge is 2.25. The SMILES string of the molecule is CC1CN(CCOc2cccc(C(=O)O)c2)CC1C. The maximum Gasteiger partial charge on any atom is 0.335 e. The molecular formula is C15H21NO3. The topological polar surface area (TPSA) is 49.8 Å². The van der Waals surface area contributed by atoms with Crippen molar-refractivity contribution in [1.29, 1.82) is 0 Å². The molecule has 1 fully saturated rings. The van der Waals surface area contributed by atoms with E-state index in [1.54, 1.807) is 24.3 Å². The predicted molar refractivity (Wildman–Crippen MR) is 73.7 cm³/mol. The van der Waals surface area contributed by atoms with E-state index in [1.807, 2.05) is 0 Å². The van der Waals surface area contributed by atoms with Gasteiger partial charge in [-0.05, 0) is 30.0 Å². The predicted octanol–water partition coefficient (Wildman–Crippen LogP) is 2.35. The molecule has 104 valence electrons. The third kappa shape index (κ3) is 3.70. The first-order valence-corrected chi connectivity index (χ1v) is 6.75. The molecular weight excluding hydrogens is 242 g/mol. The second-order valence-electron chi connectivity index (χ2n) is 5.40. The largest absolute Gasteiger partial charge is 0.492 e. The number of ether oxygens (including phenoxy) is 1. The van der Waals surface area contributed by atoms with Gasteiger partial charge in [0.25, 0.3) is 0 Å². The minimum atomic E-state index is -0.923. The van der Waals surface area contributed by atoms with Crippen LogP contribution in [0.2, 0.25) is 0 Å². The van der Waals surface area contributed by atoms with E-state index in [9.17, 15) is 4.79 Å². The molecule has 0 spiro atoms. The summed E-state index contributed by atoms with van der Waals surface area (Å²) in [4.78, 5) is 13.2. The number of carbonyl (C=O) groups is 1. The maximum absolute atomic E-state index is 10.8. The third-order valence-corrected chi connectivity index (χ3v) is 3.82. The van der Waals surface area contributed by atoms with Crippen molar-refractivity contribution in [2.45, 2.75) is 13.8 Å². The molecule has 4 heteroatoms. The van der Waals surface area contributed by atoms with Crippen LogP contribution in [-0.2, 0) is 0 Å². The minimum Gasteiger partial charge on any atom is -0.492 e. The van der Waals surface area contributed by atoms with Gasteiger partial charge in [-0.3, -0.25) is 4.90 Å². The monoisotopic (exact) mass is 263 g/mol. The number of benzene rings is 1. The molecule has 4 nitrogen and oxygen atoms in total. The summed E-state index contributed by atoms with van der Waals surface area (Å²) >= 11 is 0. The first-order chi connectivity index (χ1) is 9.06. The lowest BCUT2D eigenvalue weighted by Gasteiger charge is -2.15. The number of hydrogen-bond donors (Lipinski definition) is 1. The quantitative estimate of drug-likeness (QED) is 0.886. The van der Waals surface area contributed by atoms with Gasteiger partial charge < -0.3 is 9.84 Å². The Hall–Kier alpha value is -1.55. The van der Waals surface area contributed by atoms with E-state index in [2.05, 4.69) is 18.7 Å². The van der Waals surface area contributed by atoms with Crippen LogP contribution in [0, 0.1) is 11.8 Å². The second-order valence-corrected chi connectivity index (χ2v) is 5.40. The Kier molecular flexibility index (Phi) is 4.43. The summed E-state index contributed by atoms with van der Waals surface area (Å²) in [6.07, 6.45) is 0. The smallest absolute Gasteiger partial charge is 0.335 e. The van der Waals surface area contributed by atoms with Gasteiger partial charge in [0.15, 0.2) is 0 Å². The molecule has 1 heterocycles. The summed E-state index contributed by atoms with van der Waals surface area (Å²) in [5, 5.41) is 8.90. The molecule has 2 unspecified atom stereocenters. The zero-order valence-corrected chi connectivity index (χ0v) is 11.5. The van der Waals surface area contributed by atoms with Gasteiger partial charge in [0.05, 0.1) is 5.56 Å². The number of rotatable bonds is 5. The first-order valence-electron chi connectivity index (χ1n) is 6.75. The summed E-state index contributed by atoms with van der Waals surface area (Å²) in [5.74, 6) is 1.19. The minimum absolute atomic E-state index is 0.265. The van der Waals surface area contributed by atoms with Crippen molar-refractivity contribution < 1.29 is 14.6 Å². The molecule has 0 amide bonds. The maximum atomic E-state index is 10.8. The van der Waals surface area contributed by atoms with Gasteiger partial charge in [-0.15, -0.1) is 0 Å². The summed E-state index contributed by atoms with van der Waals surface area (Å²) < 4.78 is 5.62. The van der Waals surface area contributed by atoms with Crippen LogP contribution in [-0.4, -0.2) is 42.2 Å². The molecule has 0 aromatic heterocycles. The Morgan fingerprint density at radius 1 is 1.37 bits per heavy atom. The Labute approximate surface area is 114 Å². The van der Waals surface area contributed by atoms with Crippen molar-refractivity contribution in [1.82, 2.24) is 4.90 Å². The van der Waals surface area contributed by atoms with Gasteiger partial charge in [-0.25, -0.2) is 4.79 Å². The molecule has 1 aromatic carbocycles. The van der Waals surface area contributed by atoms with Crippen LogP contribution >= 0.6 is 0 Å². The van der Waals surface area contributed by atoms with E-state index in [1.165, 1.54) is 0 Å². The molecule has 1 aromatic rings. The molecule has 1 aliphatic heterocycles. The van der Waals surface area contributed by atoms with Crippen LogP contribution in [0.4, 0.5) is 0 Å². The molecule has 1 aliphatic rings. The van der Waals surface area contributed by atoms with Gasteiger partial charge >= 0.3 is 5.97 Å². The molecule has 19 heavy (non-hydrogen) atoms. The lowest BCUT2D eigenvalue weighted by molar-refractivity contribution is 0.0696. The van der Waals surface area contributed by atoms with Crippen molar-refractivity contribution in [2.24, 2.45) is 11.8 Å². The molecule has 2 atom stereocenters.